The molecular weight excluding hydrogens is 448 g/mol. The van der Waals surface area contributed by atoms with Crippen molar-refractivity contribution in [2.45, 2.75) is 115 Å². The molecule has 8 nitrogen and oxygen atoms in total. The Morgan fingerprint density at radius 1 is 1.20 bits per heavy atom. The molecule has 1 amide bonds. The topological polar surface area (TPSA) is 111 Å². The van der Waals surface area contributed by atoms with E-state index in [1.54, 1.807) is 0 Å². The van der Waals surface area contributed by atoms with E-state index in [9.17, 15) is 20.1 Å². The lowest BCUT2D eigenvalue weighted by Crippen LogP contribution is -2.67. The van der Waals surface area contributed by atoms with Gasteiger partial charge in [0.15, 0.2) is 6.23 Å². The van der Waals surface area contributed by atoms with Gasteiger partial charge in [0.05, 0.1) is 19.8 Å². The molecule has 202 valence electrons. The Morgan fingerprint density at radius 3 is 2.46 bits per heavy atom. The van der Waals surface area contributed by atoms with Gasteiger partial charge >= 0.3 is 0 Å². The van der Waals surface area contributed by atoms with E-state index in [1.165, 1.54) is 49.0 Å². The number of nitrogens with zero attached hydrogens (tertiary/aromatic N) is 1. The van der Waals surface area contributed by atoms with Crippen molar-refractivity contribution in [3.8, 4) is 0 Å². The predicted octanol–water partition coefficient (Wildman–Crippen LogP) is 3.22. The van der Waals surface area contributed by atoms with E-state index in [4.69, 9.17) is 9.57 Å². The van der Waals surface area contributed by atoms with Gasteiger partial charge in [0.2, 0.25) is 5.91 Å². The summed E-state index contributed by atoms with van der Waals surface area (Å²) in [6.45, 7) is 8.29. The number of amides is 1. The zero-order valence-electron chi connectivity index (χ0n) is 22.0. The molecule has 1 heterocycles. The minimum absolute atomic E-state index is 0.219. The first-order valence-electron chi connectivity index (χ1n) is 13.4. The van der Waals surface area contributed by atoms with Gasteiger partial charge in [-0.25, -0.2) is 0 Å². The van der Waals surface area contributed by atoms with Gasteiger partial charge in [-0.1, -0.05) is 69.2 Å². The summed E-state index contributed by atoms with van der Waals surface area (Å²) in [7, 11) is 1.50. The van der Waals surface area contributed by atoms with Crippen LogP contribution in [0.5, 0.6) is 0 Å². The average Bonchev–Trinajstić information content (AvgIpc) is 2.85. The van der Waals surface area contributed by atoms with Crippen molar-refractivity contribution in [2.24, 2.45) is 5.92 Å². The van der Waals surface area contributed by atoms with Crippen LogP contribution in [0.25, 0.3) is 0 Å². The molecular formula is C27H48N2O6. The SMILES string of the molecule is C=C(C)[C@@H]1CC=C(CN(OC)C2O[C@H](CO)[C@@H](O)[C@H](NC(=O)CCCCCCCCC)[C@H]2O)CC1. The van der Waals surface area contributed by atoms with Crippen molar-refractivity contribution in [2.75, 3.05) is 20.3 Å². The molecule has 0 saturated carbocycles. The molecule has 1 unspecified atom stereocenters. The number of unbranched alkanes of at least 4 members (excludes halogenated alkanes) is 6. The number of hydrogen-bond acceptors (Lipinski definition) is 7. The predicted molar refractivity (Wildman–Crippen MR) is 136 cm³/mol. The van der Waals surface area contributed by atoms with Crippen molar-refractivity contribution in [1.29, 1.82) is 0 Å². The normalized spacial score (nSPS) is 29.2. The summed E-state index contributed by atoms with van der Waals surface area (Å²) in [4.78, 5) is 18.1. The molecule has 0 aromatic carbocycles. The van der Waals surface area contributed by atoms with Crippen LogP contribution < -0.4 is 5.32 Å². The standard InChI is InChI=1S/C27H48N2O6/c1-5-6-7-8-9-10-11-12-23(31)28-24-25(32)22(18-30)35-27(26(24)33)29(34-4)17-20-13-15-21(16-14-20)19(2)3/h13,21-22,24-27,30,32-33H,2,5-12,14-18H2,1,3-4H3,(H,28,31)/t21-,22-,24+,25-,26-,27?/m1/s1. The third kappa shape index (κ3) is 9.26. The number of aliphatic hydroxyl groups excluding tert-OH is 3. The second-order valence-corrected chi connectivity index (χ2v) is 10.1. The number of ether oxygens (including phenoxy) is 1. The third-order valence-corrected chi connectivity index (χ3v) is 7.32. The van der Waals surface area contributed by atoms with Gasteiger partial charge in [-0.2, -0.15) is 5.06 Å². The quantitative estimate of drug-likeness (QED) is 0.156. The number of nitrogens with one attached hydrogen (secondary N) is 1. The zero-order valence-corrected chi connectivity index (χ0v) is 22.0. The monoisotopic (exact) mass is 496 g/mol. The van der Waals surface area contributed by atoms with Crippen molar-refractivity contribution in [3.63, 3.8) is 0 Å². The first kappa shape index (κ1) is 29.9. The number of rotatable bonds is 15. The molecule has 8 heteroatoms. The van der Waals surface area contributed by atoms with E-state index in [2.05, 4.69) is 31.8 Å². The van der Waals surface area contributed by atoms with Crippen LogP contribution >= 0.6 is 0 Å². The van der Waals surface area contributed by atoms with Crippen molar-refractivity contribution >= 4 is 5.91 Å². The van der Waals surface area contributed by atoms with Crippen molar-refractivity contribution in [3.05, 3.63) is 23.8 Å². The Balaban J connectivity index is 1.94. The average molecular weight is 497 g/mol. The number of carbonyl (C=O) groups is 1. The van der Waals surface area contributed by atoms with Gasteiger partial charge in [0.1, 0.15) is 18.3 Å². The highest BCUT2D eigenvalue weighted by Gasteiger charge is 2.47. The molecule has 1 aliphatic heterocycles. The van der Waals surface area contributed by atoms with E-state index in [0.717, 1.165) is 38.5 Å². The van der Waals surface area contributed by atoms with Crippen molar-refractivity contribution in [1.82, 2.24) is 10.4 Å². The fourth-order valence-corrected chi connectivity index (χ4v) is 4.95. The molecule has 0 aromatic rings. The van der Waals surface area contributed by atoms with Gasteiger partial charge in [-0.05, 0) is 38.5 Å². The van der Waals surface area contributed by atoms with Gasteiger partial charge in [0.25, 0.3) is 0 Å². The lowest BCUT2D eigenvalue weighted by Gasteiger charge is -2.45. The highest BCUT2D eigenvalue weighted by Crippen LogP contribution is 2.30. The number of carbonyl (C=O) groups excluding carboxylic acids is 1. The minimum atomic E-state index is -1.23. The van der Waals surface area contributed by atoms with Crippen LogP contribution in [0, 0.1) is 5.92 Å². The highest BCUT2D eigenvalue weighted by molar-refractivity contribution is 5.76. The highest BCUT2D eigenvalue weighted by atomic mass is 16.7. The molecule has 6 atom stereocenters. The fourth-order valence-electron chi connectivity index (χ4n) is 4.95. The summed E-state index contributed by atoms with van der Waals surface area (Å²) >= 11 is 0. The Hall–Kier alpha value is -1.29. The fraction of sp³-hybridized carbons (Fsp3) is 0.815. The molecule has 0 spiro atoms. The van der Waals surface area contributed by atoms with E-state index in [-0.39, 0.29) is 5.91 Å². The summed E-state index contributed by atoms with van der Waals surface area (Å²) in [5.74, 6) is 0.264. The van der Waals surface area contributed by atoms with E-state index < -0.39 is 37.2 Å². The Kier molecular flexibility index (Phi) is 13.5. The maximum Gasteiger partial charge on any atom is 0.220 e. The molecule has 35 heavy (non-hydrogen) atoms. The van der Waals surface area contributed by atoms with Crippen LogP contribution in [0.3, 0.4) is 0 Å². The second kappa shape index (κ2) is 15.7. The third-order valence-electron chi connectivity index (χ3n) is 7.32. The molecule has 2 aliphatic rings. The number of hydrogen-bond donors (Lipinski definition) is 4. The molecule has 1 fully saturated rings. The Labute approximate surface area is 211 Å². The molecule has 2 rings (SSSR count). The summed E-state index contributed by atoms with van der Waals surface area (Å²) in [5.41, 5.74) is 2.36. The van der Waals surface area contributed by atoms with Gasteiger partial charge in [-0.15, -0.1) is 0 Å². The van der Waals surface area contributed by atoms with Crippen LogP contribution in [0.2, 0.25) is 0 Å². The minimum Gasteiger partial charge on any atom is -0.394 e. The number of hydroxylamine groups is 2. The van der Waals surface area contributed by atoms with Crippen molar-refractivity contribution < 1.29 is 29.7 Å². The summed E-state index contributed by atoms with van der Waals surface area (Å²) in [5, 5.41) is 35.8. The molecule has 4 N–H and O–H groups in total. The first-order valence-corrected chi connectivity index (χ1v) is 13.4. The molecule has 0 radical (unpaired) electrons. The van der Waals surface area contributed by atoms with E-state index in [0.29, 0.717) is 18.9 Å². The van der Waals surface area contributed by atoms with Crippen LogP contribution in [0.4, 0.5) is 0 Å². The Bertz CT molecular complexity index is 685. The number of aliphatic hydroxyl groups is 3. The van der Waals surface area contributed by atoms with Gasteiger partial charge in [-0.3, -0.25) is 9.63 Å². The maximum absolute atomic E-state index is 12.6. The smallest absolute Gasteiger partial charge is 0.220 e. The lowest BCUT2D eigenvalue weighted by molar-refractivity contribution is -0.310. The van der Waals surface area contributed by atoms with E-state index >= 15 is 0 Å². The summed E-state index contributed by atoms with van der Waals surface area (Å²) in [6.07, 6.45) is 8.74. The van der Waals surface area contributed by atoms with Crippen LogP contribution in [0.1, 0.15) is 84.5 Å². The molecule has 1 aliphatic carbocycles. The van der Waals surface area contributed by atoms with Gasteiger partial charge in [0, 0.05) is 13.0 Å². The number of allylic oxidation sites excluding steroid dienone is 2. The molecule has 1 saturated heterocycles. The van der Waals surface area contributed by atoms with Crippen LogP contribution in [-0.2, 0) is 14.4 Å². The first-order chi connectivity index (χ1) is 16.8. The van der Waals surface area contributed by atoms with Gasteiger partial charge < -0.3 is 25.4 Å². The molecule has 0 aromatic heterocycles. The molecule has 0 bridgehead atoms. The Morgan fingerprint density at radius 2 is 1.89 bits per heavy atom. The lowest BCUT2D eigenvalue weighted by atomic mass is 9.85. The van der Waals surface area contributed by atoms with Crippen LogP contribution in [0.15, 0.2) is 23.8 Å². The maximum atomic E-state index is 12.6. The summed E-state index contributed by atoms with van der Waals surface area (Å²) in [6, 6.07) is -0.964. The largest absolute Gasteiger partial charge is 0.394 e. The van der Waals surface area contributed by atoms with Crippen LogP contribution in [-0.4, -0.2) is 77.1 Å². The van der Waals surface area contributed by atoms with E-state index in [1.807, 2.05) is 0 Å². The second-order valence-electron chi connectivity index (χ2n) is 10.1. The zero-order chi connectivity index (χ0) is 25.8. The summed E-state index contributed by atoms with van der Waals surface area (Å²) < 4.78 is 5.83.